The molecule has 0 saturated carbocycles. The van der Waals surface area contributed by atoms with Crippen molar-refractivity contribution in [1.82, 2.24) is 0 Å². The molecule has 0 saturated heterocycles. The quantitative estimate of drug-likeness (QED) is 0.928. The van der Waals surface area contributed by atoms with E-state index in [1.54, 1.807) is 18.2 Å². The van der Waals surface area contributed by atoms with E-state index in [1.165, 1.54) is 21.3 Å². The second-order valence-electron chi connectivity index (χ2n) is 3.64. The molecular weight excluding hydrogens is 256 g/mol. The summed E-state index contributed by atoms with van der Waals surface area (Å²) in [4.78, 5) is 0. The molecule has 0 aromatic heterocycles. The monoisotopic (exact) mass is 268 g/mol. The van der Waals surface area contributed by atoms with Crippen molar-refractivity contribution in [2.75, 3.05) is 21.3 Å². The Labute approximate surface area is 110 Å². The van der Waals surface area contributed by atoms with Crippen LogP contribution in [0.1, 0.15) is 0 Å². The van der Waals surface area contributed by atoms with Gasteiger partial charge in [0.25, 0.3) is 0 Å². The molecule has 0 aliphatic carbocycles. The zero-order valence-corrected chi connectivity index (χ0v) is 11.0. The van der Waals surface area contributed by atoms with Gasteiger partial charge in [0.2, 0.25) is 11.5 Å². The largest absolute Gasteiger partial charge is 0.504 e. The first-order valence-electron chi connectivity index (χ1n) is 5.24. The molecule has 0 fully saturated rings. The molecule has 4 nitrogen and oxygen atoms in total. The summed E-state index contributed by atoms with van der Waals surface area (Å²) < 4.78 is 15.7. The van der Waals surface area contributed by atoms with Crippen LogP contribution in [-0.2, 0) is 0 Å². The summed E-state index contributed by atoms with van der Waals surface area (Å²) >= 11 is 5.96. The fourth-order valence-electron chi connectivity index (χ4n) is 1.94. The van der Waals surface area contributed by atoms with E-state index in [0.29, 0.717) is 27.3 Å². The van der Waals surface area contributed by atoms with Crippen LogP contribution in [0.15, 0.2) is 18.2 Å². The van der Waals surface area contributed by atoms with Gasteiger partial charge in [0.05, 0.1) is 21.3 Å². The third-order valence-electron chi connectivity index (χ3n) is 2.72. The Morgan fingerprint density at radius 2 is 1.50 bits per heavy atom. The van der Waals surface area contributed by atoms with E-state index in [1.807, 2.05) is 0 Å². The highest BCUT2D eigenvalue weighted by molar-refractivity contribution is 6.31. The van der Waals surface area contributed by atoms with Crippen molar-refractivity contribution in [3.8, 4) is 23.0 Å². The molecule has 0 spiro atoms. The second kappa shape index (κ2) is 4.82. The first kappa shape index (κ1) is 12.6. The van der Waals surface area contributed by atoms with Crippen LogP contribution in [0.25, 0.3) is 10.8 Å². The van der Waals surface area contributed by atoms with Gasteiger partial charge in [0.1, 0.15) is 0 Å². The van der Waals surface area contributed by atoms with Gasteiger partial charge in [-0.05, 0) is 18.2 Å². The Morgan fingerprint density at radius 3 is 2.06 bits per heavy atom. The molecule has 96 valence electrons. The number of phenolic OH excluding ortho intramolecular Hbond substituents is 1. The Balaban J connectivity index is 2.95. The molecule has 0 heterocycles. The van der Waals surface area contributed by atoms with Crippen molar-refractivity contribution in [2.45, 2.75) is 0 Å². The summed E-state index contributed by atoms with van der Waals surface area (Å²) in [7, 11) is 4.46. The minimum atomic E-state index is 0.00168. The molecule has 2 aromatic carbocycles. The minimum absolute atomic E-state index is 0.00168. The molecule has 0 radical (unpaired) electrons. The van der Waals surface area contributed by atoms with Gasteiger partial charge >= 0.3 is 0 Å². The van der Waals surface area contributed by atoms with Crippen LogP contribution >= 0.6 is 11.6 Å². The summed E-state index contributed by atoms with van der Waals surface area (Å²) in [6.07, 6.45) is 0. The molecule has 0 unspecified atom stereocenters. The van der Waals surface area contributed by atoms with Crippen LogP contribution in [0.2, 0.25) is 5.02 Å². The summed E-state index contributed by atoms with van der Waals surface area (Å²) in [6, 6.07) is 5.10. The Bertz CT molecular complexity index is 595. The third-order valence-corrected chi connectivity index (χ3v) is 2.96. The van der Waals surface area contributed by atoms with Crippen molar-refractivity contribution in [2.24, 2.45) is 0 Å². The van der Waals surface area contributed by atoms with Crippen LogP contribution in [0, 0.1) is 0 Å². The van der Waals surface area contributed by atoms with Gasteiger partial charge in [-0.3, -0.25) is 0 Å². The second-order valence-corrected chi connectivity index (χ2v) is 4.07. The number of ether oxygens (including phenoxy) is 3. The van der Waals surface area contributed by atoms with Crippen molar-refractivity contribution in [1.29, 1.82) is 0 Å². The molecule has 0 aliphatic heterocycles. The lowest BCUT2D eigenvalue weighted by Crippen LogP contribution is -1.96. The Kier molecular flexibility index (Phi) is 3.39. The van der Waals surface area contributed by atoms with Crippen LogP contribution in [0.5, 0.6) is 23.0 Å². The van der Waals surface area contributed by atoms with Gasteiger partial charge in [-0.15, -0.1) is 0 Å². The van der Waals surface area contributed by atoms with E-state index in [-0.39, 0.29) is 11.5 Å². The fourth-order valence-corrected chi connectivity index (χ4v) is 2.12. The number of methoxy groups -OCH3 is 3. The maximum Gasteiger partial charge on any atom is 0.207 e. The predicted octanol–water partition coefficient (Wildman–Crippen LogP) is 3.22. The lowest BCUT2D eigenvalue weighted by molar-refractivity contribution is 0.314. The van der Waals surface area contributed by atoms with E-state index in [4.69, 9.17) is 25.8 Å². The summed E-state index contributed by atoms with van der Waals surface area (Å²) in [5, 5.41) is 12.0. The highest BCUT2D eigenvalue weighted by Gasteiger charge is 2.21. The SMILES string of the molecule is COc1c(OC)c(OC)c2cc(Cl)ccc2c1O. The van der Waals surface area contributed by atoms with E-state index >= 15 is 0 Å². The van der Waals surface area contributed by atoms with Gasteiger partial charge in [0.15, 0.2) is 11.5 Å². The van der Waals surface area contributed by atoms with Crippen molar-refractivity contribution in [3.63, 3.8) is 0 Å². The van der Waals surface area contributed by atoms with Gasteiger partial charge in [-0.25, -0.2) is 0 Å². The van der Waals surface area contributed by atoms with Crippen molar-refractivity contribution < 1.29 is 19.3 Å². The van der Waals surface area contributed by atoms with E-state index < -0.39 is 0 Å². The molecule has 0 atom stereocenters. The number of hydrogen-bond donors (Lipinski definition) is 1. The standard InChI is InChI=1S/C13H13ClO4/c1-16-11-9-6-7(14)4-5-8(9)10(15)12(17-2)13(11)18-3/h4-6,15H,1-3H3. The first-order valence-corrected chi connectivity index (χ1v) is 5.62. The summed E-state index contributed by atoms with van der Waals surface area (Å²) in [6.45, 7) is 0. The number of fused-ring (bicyclic) bond motifs is 1. The third kappa shape index (κ3) is 1.78. The molecule has 18 heavy (non-hydrogen) atoms. The van der Waals surface area contributed by atoms with Crippen LogP contribution in [0.4, 0.5) is 0 Å². The van der Waals surface area contributed by atoms with Crippen molar-refractivity contribution in [3.05, 3.63) is 23.2 Å². The van der Waals surface area contributed by atoms with Gasteiger partial charge in [-0.2, -0.15) is 0 Å². The van der Waals surface area contributed by atoms with E-state index in [9.17, 15) is 5.11 Å². The lowest BCUT2D eigenvalue weighted by Gasteiger charge is -2.16. The average molecular weight is 269 g/mol. The average Bonchev–Trinajstić information content (AvgIpc) is 2.38. The summed E-state index contributed by atoms with van der Waals surface area (Å²) in [5.41, 5.74) is 0. The smallest absolute Gasteiger partial charge is 0.207 e. The number of aromatic hydroxyl groups is 1. The minimum Gasteiger partial charge on any atom is -0.504 e. The van der Waals surface area contributed by atoms with Gasteiger partial charge < -0.3 is 19.3 Å². The van der Waals surface area contributed by atoms with Crippen LogP contribution in [-0.4, -0.2) is 26.4 Å². The fraction of sp³-hybridized carbons (Fsp3) is 0.231. The molecule has 5 heteroatoms. The Hall–Kier alpha value is -1.81. The molecule has 0 bridgehead atoms. The highest BCUT2D eigenvalue weighted by atomic mass is 35.5. The van der Waals surface area contributed by atoms with Crippen molar-refractivity contribution >= 4 is 22.4 Å². The highest BCUT2D eigenvalue weighted by Crippen LogP contribution is 2.50. The number of halogens is 1. The number of rotatable bonds is 3. The summed E-state index contributed by atoms with van der Waals surface area (Å²) in [5.74, 6) is 1.06. The zero-order valence-electron chi connectivity index (χ0n) is 10.3. The van der Waals surface area contributed by atoms with E-state index in [2.05, 4.69) is 0 Å². The van der Waals surface area contributed by atoms with Crippen LogP contribution in [0.3, 0.4) is 0 Å². The number of benzene rings is 2. The molecule has 2 rings (SSSR count). The Morgan fingerprint density at radius 1 is 0.889 bits per heavy atom. The molecule has 0 aliphatic rings. The van der Waals surface area contributed by atoms with Gasteiger partial charge in [0, 0.05) is 15.8 Å². The number of hydrogen-bond acceptors (Lipinski definition) is 4. The normalized spacial score (nSPS) is 10.4. The lowest BCUT2D eigenvalue weighted by atomic mass is 10.1. The first-order chi connectivity index (χ1) is 8.63. The number of phenols is 1. The van der Waals surface area contributed by atoms with Gasteiger partial charge in [-0.1, -0.05) is 11.6 Å². The molecule has 2 aromatic rings. The van der Waals surface area contributed by atoms with E-state index in [0.717, 1.165) is 0 Å². The molecular formula is C13H13ClO4. The zero-order chi connectivity index (χ0) is 13.3. The molecule has 1 N–H and O–H groups in total. The maximum absolute atomic E-state index is 10.2. The van der Waals surface area contributed by atoms with Crippen LogP contribution < -0.4 is 14.2 Å². The molecule has 0 amide bonds. The maximum atomic E-state index is 10.2. The topological polar surface area (TPSA) is 47.9 Å². The predicted molar refractivity (Wildman–Crippen MR) is 70.3 cm³/mol.